The zero-order valence-corrected chi connectivity index (χ0v) is 10.3. The van der Waals surface area contributed by atoms with Crippen LogP contribution in [0.3, 0.4) is 0 Å². The molecule has 0 aliphatic heterocycles. The van der Waals surface area contributed by atoms with Gasteiger partial charge in [0.2, 0.25) is 11.7 Å². The molecule has 90 valence electrons. The van der Waals surface area contributed by atoms with Crippen LogP contribution in [-0.2, 0) is 0 Å². The topological polar surface area (TPSA) is 64.9 Å². The van der Waals surface area contributed by atoms with Crippen molar-refractivity contribution < 1.29 is 4.52 Å². The Morgan fingerprint density at radius 3 is 2.71 bits per heavy atom. The van der Waals surface area contributed by atoms with Gasteiger partial charge in [-0.3, -0.25) is 0 Å². The number of nitrogens with zero attached hydrogens (tertiary/aromatic N) is 2. The molecule has 2 aromatic rings. The van der Waals surface area contributed by atoms with Crippen LogP contribution in [-0.4, -0.2) is 16.7 Å². The standard InChI is InChI=1S/C12H14ClN3O/c1-8-2-4-9(5-3-8)11-15-12(17-16-11)10(13)6-7-14/h2-5,10H,6-7,14H2,1H3. The summed E-state index contributed by atoms with van der Waals surface area (Å²) in [5, 5.41) is 3.59. The first-order valence-electron chi connectivity index (χ1n) is 5.45. The predicted octanol–water partition coefficient (Wildman–Crippen LogP) is 2.67. The maximum absolute atomic E-state index is 6.06. The van der Waals surface area contributed by atoms with Gasteiger partial charge in [0.05, 0.1) is 0 Å². The molecule has 0 spiro atoms. The summed E-state index contributed by atoms with van der Waals surface area (Å²) in [5.74, 6) is 0.982. The molecule has 0 fully saturated rings. The Kier molecular flexibility index (Phi) is 3.76. The van der Waals surface area contributed by atoms with Crippen molar-refractivity contribution >= 4 is 11.6 Å². The van der Waals surface area contributed by atoms with Gasteiger partial charge in [-0.15, -0.1) is 11.6 Å². The highest BCUT2D eigenvalue weighted by molar-refractivity contribution is 6.20. The Balaban J connectivity index is 2.20. The van der Waals surface area contributed by atoms with Crippen LogP contribution in [0.15, 0.2) is 28.8 Å². The molecule has 1 aromatic carbocycles. The predicted molar refractivity (Wildman–Crippen MR) is 66.7 cm³/mol. The van der Waals surface area contributed by atoms with E-state index in [1.165, 1.54) is 5.56 Å². The zero-order chi connectivity index (χ0) is 12.3. The third kappa shape index (κ3) is 2.84. The lowest BCUT2D eigenvalue weighted by atomic mass is 10.1. The Labute approximate surface area is 105 Å². The number of hydrogen-bond donors (Lipinski definition) is 1. The van der Waals surface area contributed by atoms with Gasteiger partial charge in [0.1, 0.15) is 5.38 Å². The number of alkyl halides is 1. The lowest BCUT2D eigenvalue weighted by molar-refractivity contribution is 0.372. The minimum Gasteiger partial charge on any atom is -0.337 e. The molecule has 0 bridgehead atoms. The Hall–Kier alpha value is -1.39. The van der Waals surface area contributed by atoms with E-state index in [1.54, 1.807) is 0 Å². The van der Waals surface area contributed by atoms with Gasteiger partial charge >= 0.3 is 0 Å². The fourth-order valence-electron chi connectivity index (χ4n) is 1.45. The summed E-state index contributed by atoms with van der Waals surface area (Å²) in [6.45, 7) is 2.53. The summed E-state index contributed by atoms with van der Waals surface area (Å²) in [6, 6.07) is 7.92. The molecule has 5 heteroatoms. The first kappa shape index (κ1) is 12.1. The number of benzene rings is 1. The van der Waals surface area contributed by atoms with Crippen LogP contribution in [0.2, 0.25) is 0 Å². The molecule has 0 saturated heterocycles. The highest BCUT2D eigenvalue weighted by atomic mass is 35.5. The van der Waals surface area contributed by atoms with Gasteiger partial charge in [-0.2, -0.15) is 4.98 Å². The fourth-order valence-corrected chi connectivity index (χ4v) is 1.67. The Morgan fingerprint density at radius 2 is 2.06 bits per heavy atom. The second-order valence-electron chi connectivity index (χ2n) is 3.87. The first-order valence-corrected chi connectivity index (χ1v) is 5.89. The normalized spacial score (nSPS) is 12.6. The maximum Gasteiger partial charge on any atom is 0.245 e. The molecule has 1 aromatic heterocycles. The van der Waals surface area contributed by atoms with Crippen molar-refractivity contribution in [2.45, 2.75) is 18.7 Å². The van der Waals surface area contributed by atoms with Crippen molar-refractivity contribution in [2.75, 3.05) is 6.54 Å². The van der Waals surface area contributed by atoms with E-state index in [9.17, 15) is 0 Å². The molecular formula is C12H14ClN3O. The van der Waals surface area contributed by atoms with Gasteiger partial charge in [0.25, 0.3) is 0 Å². The van der Waals surface area contributed by atoms with Crippen LogP contribution >= 0.6 is 11.6 Å². The molecule has 0 radical (unpaired) electrons. The second kappa shape index (κ2) is 5.29. The molecule has 1 heterocycles. The highest BCUT2D eigenvalue weighted by Crippen LogP contribution is 2.24. The van der Waals surface area contributed by atoms with E-state index < -0.39 is 0 Å². The quantitative estimate of drug-likeness (QED) is 0.849. The van der Waals surface area contributed by atoms with Gasteiger partial charge in [0.15, 0.2) is 0 Å². The molecule has 2 rings (SSSR count). The molecule has 0 amide bonds. The Morgan fingerprint density at radius 1 is 1.35 bits per heavy atom. The molecule has 4 nitrogen and oxygen atoms in total. The fraction of sp³-hybridized carbons (Fsp3) is 0.333. The minimum atomic E-state index is -0.313. The van der Waals surface area contributed by atoms with E-state index in [0.717, 1.165) is 5.56 Å². The lowest BCUT2D eigenvalue weighted by Crippen LogP contribution is -2.03. The second-order valence-corrected chi connectivity index (χ2v) is 4.39. The zero-order valence-electron chi connectivity index (χ0n) is 9.56. The van der Waals surface area contributed by atoms with E-state index in [0.29, 0.717) is 24.7 Å². The molecule has 17 heavy (non-hydrogen) atoms. The van der Waals surface area contributed by atoms with Gasteiger partial charge in [-0.25, -0.2) is 0 Å². The average molecular weight is 252 g/mol. The molecule has 0 aliphatic rings. The lowest BCUT2D eigenvalue weighted by Gasteiger charge is -1.99. The van der Waals surface area contributed by atoms with Crippen molar-refractivity contribution in [3.05, 3.63) is 35.7 Å². The summed E-state index contributed by atoms with van der Waals surface area (Å²) in [7, 11) is 0. The van der Waals surface area contributed by atoms with E-state index in [4.69, 9.17) is 21.9 Å². The van der Waals surface area contributed by atoms with Crippen LogP contribution in [0.5, 0.6) is 0 Å². The summed E-state index contributed by atoms with van der Waals surface area (Å²) in [4.78, 5) is 4.26. The molecule has 0 saturated carbocycles. The van der Waals surface area contributed by atoms with Crippen LogP contribution in [0.25, 0.3) is 11.4 Å². The summed E-state index contributed by atoms with van der Waals surface area (Å²) >= 11 is 6.06. The van der Waals surface area contributed by atoms with Gasteiger partial charge < -0.3 is 10.3 Å². The summed E-state index contributed by atoms with van der Waals surface area (Å²) < 4.78 is 5.12. The van der Waals surface area contributed by atoms with E-state index >= 15 is 0 Å². The van der Waals surface area contributed by atoms with Crippen LogP contribution < -0.4 is 5.73 Å². The monoisotopic (exact) mass is 251 g/mol. The molecule has 0 aliphatic carbocycles. The van der Waals surface area contributed by atoms with Crippen LogP contribution in [0.4, 0.5) is 0 Å². The highest BCUT2D eigenvalue weighted by Gasteiger charge is 2.16. The SMILES string of the molecule is Cc1ccc(-c2noc(C(Cl)CCN)n2)cc1. The summed E-state index contributed by atoms with van der Waals surface area (Å²) in [6.07, 6.45) is 0.622. The van der Waals surface area contributed by atoms with Gasteiger partial charge in [-0.05, 0) is 19.9 Å². The van der Waals surface area contributed by atoms with Gasteiger partial charge in [-0.1, -0.05) is 35.0 Å². The molecular weight excluding hydrogens is 238 g/mol. The van der Waals surface area contributed by atoms with E-state index in [1.807, 2.05) is 31.2 Å². The largest absolute Gasteiger partial charge is 0.337 e. The third-order valence-corrected chi connectivity index (χ3v) is 2.84. The smallest absolute Gasteiger partial charge is 0.245 e. The maximum atomic E-state index is 6.06. The third-order valence-electron chi connectivity index (χ3n) is 2.44. The summed E-state index contributed by atoms with van der Waals surface area (Å²) in [5.41, 5.74) is 7.54. The van der Waals surface area contributed by atoms with Crippen LogP contribution in [0, 0.1) is 6.92 Å². The van der Waals surface area contributed by atoms with Crippen molar-refractivity contribution in [1.82, 2.24) is 10.1 Å². The number of aryl methyl sites for hydroxylation is 1. The minimum absolute atomic E-state index is 0.313. The first-order chi connectivity index (χ1) is 8.20. The van der Waals surface area contributed by atoms with Crippen LogP contribution in [0.1, 0.15) is 23.3 Å². The van der Waals surface area contributed by atoms with Crippen molar-refractivity contribution in [3.8, 4) is 11.4 Å². The number of hydrogen-bond acceptors (Lipinski definition) is 4. The number of nitrogens with two attached hydrogens (primary N) is 1. The number of rotatable bonds is 4. The van der Waals surface area contributed by atoms with E-state index in [2.05, 4.69) is 10.1 Å². The van der Waals surface area contributed by atoms with Crippen molar-refractivity contribution in [2.24, 2.45) is 5.73 Å². The van der Waals surface area contributed by atoms with Crippen molar-refractivity contribution in [1.29, 1.82) is 0 Å². The Bertz CT molecular complexity index is 481. The number of halogens is 1. The number of aromatic nitrogens is 2. The average Bonchev–Trinajstić information content (AvgIpc) is 2.80. The van der Waals surface area contributed by atoms with E-state index in [-0.39, 0.29) is 5.38 Å². The molecule has 2 N–H and O–H groups in total. The molecule has 1 atom stereocenters. The molecule has 1 unspecified atom stereocenters. The van der Waals surface area contributed by atoms with Crippen molar-refractivity contribution in [3.63, 3.8) is 0 Å². The van der Waals surface area contributed by atoms with Gasteiger partial charge in [0, 0.05) is 5.56 Å².